The summed E-state index contributed by atoms with van der Waals surface area (Å²) in [5.41, 5.74) is 8.80. The van der Waals surface area contributed by atoms with Crippen LogP contribution in [0.5, 0.6) is 23.0 Å². The molecule has 0 unspecified atom stereocenters. The van der Waals surface area contributed by atoms with Gasteiger partial charge in [-0.25, -0.2) is 14.8 Å². The van der Waals surface area contributed by atoms with Crippen molar-refractivity contribution in [2.24, 2.45) is 0 Å². The number of pyridine rings is 2. The van der Waals surface area contributed by atoms with E-state index >= 15 is 0 Å². The fourth-order valence-electron chi connectivity index (χ4n) is 8.27. The van der Waals surface area contributed by atoms with Gasteiger partial charge in [-0.3, -0.25) is 19.1 Å². The van der Waals surface area contributed by atoms with Gasteiger partial charge >= 0.3 is 0 Å². The van der Waals surface area contributed by atoms with Crippen molar-refractivity contribution in [3.8, 4) is 57.1 Å². The first-order valence-electron chi connectivity index (χ1n) is 20.4. The summed E-state index contributed by atoms with van der Waals surface area (Å²) >= 11 is 0. The van der Waals surface area contributed by atoms with Crippen LogP contribution in [0.25, 0.3) is 82.6 Å². The van der Waals surface area contributed by atoms with Crippen molar-refractivity contribution in [1.82, 2.24) is 29.1 Å². The summed E-state index contributed by atoms with van der Waals surface area (Å²) in [6.45, 7) is 7.54. The molecule has 0 aliphatic heterocycles. The molecular weight excluding hydrogens is 781 g/mol. The summed E-state index contributed by atoms with van der Waals surface area (Å²) < 4.78 is 17.2. The highest BCUT2D eigenvalue weighted by atomic mass is 16.5. The van der Waals surface area contributed by atoms with Crippen LogP contribution < -0.4 is 14.4 Å². The first-order valence-corrected chi connectivity index (χ1v) is 20.4. The van der Waals surface area contributed by atoms with E-state index in [1.165, 1.54) is 0 Å². The number of rotatable bonds is 9. The normalized spacial score (nSPS) is 11.3. The Morgan fingerprint density at radius 1 is 0.460 bits per heavy atom. The van der Waals surface area contributed by atoms with Gasteiger partial charge in [0, 0.05) is 83.0 Å². The van der Waals surface area contributed by atoms with Crippen molar-refractivity contribution < 1.29 is 9.47 Å². The molecule has 0 saturated carbocycles. The molecule has 0 atom stereocenters. The second-order valence-corrected chi connectivity index (χ2v) is 15.4. The van der Waals surface area contributed by atoms with E-state index in [4.69, 9.17) is 31.0 Å². The number of para-hydroxylation sites is 2. The van der Waals surface area contributed by atoms with E-state index in [1.807, 2.05) is 105 Å². The smallest absolute Gasteiger partial charge is 0.192 e. The minimum atomic E-state index is 0.528. The first-order chi connectivity index (χ1) is 31.0. The average Bonchev–Trinajstić information content (AvgIpc) is 3.84. The van der Waals surface area contributed by atoms with Gasteiger partial charge < -0.3 is 14.4 Å². The summed E-state index contributed by atoms with van der Waals surface area (Å²) in [5, 5.41) is 4.43. The van der Waals surface area contributed by atoms with Crippen LogP contribution in [-0.4, -0.2) is 43.2 Å². The Bertz CT molecular complexity index is 3580. The van der Waals surface area contributed by atoms with Crippen molar-refractivity contribution in [3.63, 3.8) is 0 Å². The number of hydrogen-bond acceptors (Lipinski definition) is 7. The Balaban J connectivity index is 0.850. The van der Waals surface area contributed by atoms with Gasteiger partial charge in [0.25, 0.3) is 0 Å². The van der Waals surface area contributed by atoms with E-state index in [0.717, 1.165) is 71.9 Å². The lowest BCUT2D eigenvalue weighted by Gasteiger charge is -2.14. The van der Waals surface area contributed by atoms with Crippen LogP contribution in [0.15, 0.2) is 183 Å². The maximum Gasteiger partial charge on any atom is 0.192 e. The Morgan fingerprint density at radius 2 is 0.952 bits per heavy atom. The third kappa shape index (κ3) is 6.80. The Hall–Kier alpha value is -8.81. The molecule has 11 rings (SSSR count). The number of ether oxygens (including phenoxy) is 2. The molecule has 0 saturated heterocycles. The van der Waals surface area contributed by atoms with Crippen LogP contribution in [0.3, 0.4) is 0 Å². The van der Waals surface area contributed by atoms with Crippen molar-refractivity contribution in [2.75, 3.05) is 19.0 Å². The lowest BCUT2D eigenvalue weighted by Crippen LogP contribution is -2.09. The zero-order valence-electron chi connectivity index (χ0n) is 34.2. The van der Waals surface area contributed by atoms with Crippen LogP contribution in [-0.2, 0) is 0 Å². The topological polar surface area (TPSA) is 87.5 Å². The van der Waals surface area contributed by atoms with Crippen LogP contribution in [0.2, 0.25) is 0 Å². The quantitative estimate of drug-likeness (QED) is 0.134. The van der Waals surface area contributed by atoms with Crippen LogP contribution >= 0.6 is 0 Å². The molecule has 300 valence electrons. The van der Waals surface area contributed by atoms with Crippen molar-refractivity contribution in [2.45, 2.75) is 0 Å². The molecule has 0 amide bonds. The molecule has 10 nitrogen and oxygen atoms in total. The zero-order chi connectivity index (χ0) is 42.4. The molecule has 11 aromatic rings. The summed E-state index contributed by atoms with van der Waals surface area (Å²) in [5.74, 6) is 4.24. The summed E-state index contributed by atoms with van der Waals surface area (Å²) in [7, 11) is 4.06. The number of anilines is 1. The maximum atomic E-state index is 7.54. The fourth-order valence-corrected chi connectivity index (χ4v) is 8.27. The van der Waals surface area contributed by atoms with E-state index in [1.54, 1.807) is 30.7 Å². The van der Waals surface area contributed by atoms with E-state index < -0.39 is 0 Å². The molecule has 6 aromatic carbocycles. The van der Waals surface area contributed by atoms with Crippen LogP contribution in [0.4, 0.5) is 11.4 Å². The maximum absolute atomic E-state index is 7.54. The highest BCUT2D eigenvalue weighted by Gasteiger charge is 2.17. The molecule has 0 fully saturated rings. The molecule has 0 aliphatic carbocycles. The van der Waals surface area contributed by atoms with E-state index in [-0.39, 0.29) is 0 Å². The monoisotopic (exact) mass is 816 g/mol. The zero-order valence-corrected chi connectivity index (χ0v) is 34.2. The third-order valence-electron chi connectivity index (χ3n) is 11.2. The largest absolute Gasteiger partial charge is 0.457 e. The summed E-state index contributed by atoms with van der Waals surface area (Å²) in [4.78, 5) is 24.7. The van der Waals surface area contributed by atoms with Gasteiger partial charge in [-0.2, -0.15) is 0 Å². The Morgan fingerprint density at radius 3 is 1.48 bits per heavy atom. The minimum absolute atomic E-state index is 0.528. The number of hydrogen-bond donors (Lipinski definition) is 0. The van der Waals surface area contributed by atoms with Gasteiger partial charge in [-0.05, 0) is 78.9 Å². The average molecular weight is 817 g/mol. The van der Waals surface area contributed by atoms with Crippen LogP contribution in [0.1, 0.15) is 0 Å². The molecule has 0 aliphatic rings. The van der Waals surface area contributed by atoms with Gasteiger partial charge in [0.2, 0.25) is 0 Å². The molecule has 5 heterocycles. The molecule has 0 radical (unpaired) electrons. The van der Waals surface area contributed by atoms with Gasteiger partial charge in [-0.1, -0.05) is 60.7 Å². The second kappa shape index (κ2) is 15.3. The number of nitrogens with zero attached hydrogens (tertiary/aromatic N) is 8. The molecule has 0 N–H and O–H groups in total. The molecule has 63 heavy (non-hydrogen) atoms. The summed E-state index contributed by atoms with van der Waals surface area (Å²) in [6, 6.07) is 52.2. The second-order valence-electron chi connectivity index (χ2n) is 15.4. The lowest BCUT2D eigenvalue weighted by molar-refractivity contribution is 0.483. The highest BCUT2D eigenvalue weighted by Crippen LogP contribution is 2.38. The minimum Gasteiger partial charge on any atom is -0.457 e. The lowest BCUT2D eigenvalue weighted by atomic mass is 10.1. The number of aromatic nitrogens is 6. The van der Waals surface area contributed by atoms with Gasteiger partial charge in [0.05, 0.1) is 52.4 Å². The highest BCUT2D eigenvalue weighted by molar-refractivity contribution is 6.10. The molecule has 10 heteroatoms. The predicted molar refractivity (Wildman–Crippen MR) is 251 cm³/mol. The predicted octanol–water partition coefficient (Wildman–Crippen LogP) is 13.0. The van der Waals surface area contributed by atoms with Crippen LogP contribution in [0, 0.1) is 6.57 Å². The van der Waals surface area contributed by atoms with Crippen molar-refractivity contribution in [3.05, 3.63) is 194 Å². The van der Waals surface area contributed by atoms with E-state index in [9.17, 15) is 0 Å². The molecule has 0 bridgehead atoms. The number of benzene rings is 6. The van der Waals surface area contributed by atoms with Gasteiger partial charge in [0.1, 0.15) is 34.6 Å². The standard InChI is InChI=1S/C53H36N8O2/c1-54-36-22-24-55-52(28-36)60-48-16-6-4-14-42(48)44-20-18-40(30-50(44)60)62-38-12-8-10-34(26-38)46-32-58-47(33-57-46)35-11-9-13-39(27-35)63-41-19-21-45-43-15-5-7-17-49(43)61(51(45)31-41)53-29-37(59(2)3)23-25-56-53/h4-33H,2-3H3. The SMILES string of the molecule is [C-]#[N+]c1ccnc(-n2c3ccccc3c3ccc(Oc4cccc(-c5cnc(-c6cccc(Oc7ccc8c9ccccc9n(-c9cc(N(C)C)ccn9)c8c7)c6)cn5)c4)cc32)c1. The third-order valence-corrected chi connectivity index (χ3v) is 11.2. The van der Waals surface area contributed by atoms with Crippen molar-refractivity contribution in [1.29, 1.82) is 0 Å². The van der Waals surface area contributed by atoms with Gasteiger partial charge in [-0.15, -0.1) is 0 Å². The molecule has 0 spiro atoms. The molecular formula is C53H36N8O2. The van der Waals surface area contributed by atoms with E-state index in [2.05, 4.69) is 84.5 Å². The molecule has 5 aromatic heterocycles. The van der Waals surface area contributed by atoms with Crippen molar-refractivity contribution >= 4 is 55.0 Å². The first kappa shape index (κ1) is 37.2. The Kier molecular flexibility index (Phi) is 9.06. The number of fused-ring (bicyclic) bond motifs is 6. The van der Waals surface area contributed by atoms with Gasteiger partial charge in [0.15, 0.2) is 5.69 Å². The fraction of sp³-hybridized carbons (Fsp3) is 0.0377. The van der Waals surface area contributed by atoms with E-state index in [0.29, 0.717) is 40.2 Å². The Labute approximate surface area is 362 Å². The summed E-state index contributed by atoms with van der Waals surface area (Å²) in [6.07, 6.45) is 7.08.